The summed E-state index contributed by atoms with van der Waals surface area (Å²) < 4.78 is 5.27. The van der Waals surface area contributed by atoms with Crippen LogP contribution < -0.4 is 10.5 Å². The first-order chi connectivity index (χ1) is 9.58. The van der Waals surface area contributed by atoms with Gasteiger partial charge in [0.15, 0.2) is 0 Å². The number of ether oxygens (including phenoxy) is 1. The summed E-state index contributed by atoms with van der Waals surface area (Å²) >= 11 is 1.76. The number of pyridine rings is 1. The highest BCUT2D eigenvalue weighted by Crippen LogP contribution is 2.25. The van der Waals surface area contributed by atoms with Crippen molar-refractivity contribution in [3.05, 3.63) is 53.3 Å². The highest BCUT2D eigenvalue weighted by molar-refractivity contribution is 7.98. The topological polar surface area (TPSA) is 48.1 Å². The van der Waals surface area contributed by atoms with E-state index in [0.29, 0.717) is 0 Å². The Bertz CT molecular complexity index is 567. The Hall–Kier alpha value is -1.52. The Balaban J connectivity index is 2.03. The molecule has 0 bridgehead atoms. The number of nitrogens with two attached hydrogens (primary N) is 1. The Labute approximate surface area is 124 Å². The number of benzene rings is 1. The van der Waals surface area contributed by atoms with Crippen molar-refractivity contribution >= 4 is 11.8 Å². The van der Waals surface area contributed by atoms with Crippen molar-refractivity contribution in [1.82, 2.24) is 4.98 Å². The molecule has 4 heteroatoms. The molecule has 0 amide bonds. The van der Waals surface area contributed by atoms with E-state index in [-0.39, 0.29) is 6.04 Å². The van der Waals surface area contributed by atoms with Gasteiger partial charge >= 0.3 is 0 Å². The fourth-order valence-electron chi connectivity index (χ4n) is 1.92. The van der Waals surface area contributed by atoms with Crippen LogP contribution in [0.4, 0.5) is 0 Å². The molecule has 0 spiro atoms. The smallest absolute Gasteiger partial charge is 0.122 e. The first-order valence-electron chi connectivity index (χ1n) is 6.58. The molecule has 1 aromatic carbocycles. The van der Waals surface area contributed by atoms with Crippen LogP contribution in [0, 0.1) is 6.92 Å². The summed E-state index contributed by atoms with van der Waals surface area (Å²) in [5, 5.41) is 0. The minimum atomic E-state index is 0.0803. The Morgan fingerprint density at radius 2 is 1.95 bits per heavy atom. The standard InChI is InChI=1S/C16H20N2OS/c1-11-8-15(19-3)9-14(18-11)10-20-16-6-4-13(5-7-16)12(2)17/h4-9,12H,10,17H2,1-3H3. The van der Waals surface area contributed by atoms with Crippen LogP contribution in [0.3, 0.4) is 0 Å². The highest BCUT2D eigenvalue weighted by atomic mass is 32.2. The van der Waals surface area contributed by atoms with Gasteiger partial charge < -0.3 is 10.5 Å². The molecule has 2 aromatic rings. The molecule has 1 unspecified atom stereocenters. The SMILES string of the molecule is COc1cc(C)nc(CSc2ccc(C(C)N)cc2)c1. The first kappa shape index (κ1) is 14.9. The van der Waals surface area contributed by atoms with E-state index in [9.17, 15) is 0 Å². The summed E-state index contributed by atoms with van der Waals surface area (Å²) in [4.78, 5) is 5.74. The van der Waals surface area contributed by atoms with Gasteiger partial charge in [0.2, 0.25) is 0 Å². The molecular formula is C16H20N2OS. The van der Waals surface area contributed by atoms with Crippen LogP contribution in [0.2, 0.25) is 0 Å². The van der Waals surface area contributed by atoms with Crippen LogP contribution in [0.5, 0.6) is 5.75 Å². The zero-order valence-corrected chi connectivity index (χ0v) is 12.9. The summed E-state index contributed by atoms with van der Waals surface area (Å²) in [7, 11) is 1.68. The predicted molar refractivity (Wildman–Crippen MR) is 84.1 cm³/mol. The van der Waals surface area contributed by atoms with E-state index in [4.69, 9.17) is 10.5 Å². The molecule has 1 heterocycles. The van der Waals surface area contributed by atoms with Gasteiger partial charge in [0, 0.05) is 34.5 Å². The van der Waals surface area contributed by atoms with Gasteiger partial charge in [0.05, 0.1) is 12.8 Å². The monoisotopic (exact) mass is 288 g/mol. The normalized spacial score (nSPS) is 12.2. The van der Waals surface area contributed by atoms with E-state index in [1.165, 1.54) is 4.90 Å². The van der Waals surface area contributed by atoms with Crippen LogP contribution in [0.25, 0.3) is 0 Å². The molecule has 0 aliphatic carbocycles. The minimum absolute atomic E-state index is 0.0803. The number of methoxy groups -OCH3 is 1. The predicted octanol–water partition coefficient (Wildman–Crippen LogP) is 3.71. The van der Waals surface area contributed by atoms with Gasteiger partial charge in [0.1, 0.15) is 5.75 Å². The molecule has 0 saturated heterocycles. The van der Waals surface area contributed by atoms with Crippen LogP contribution in [-0.2, 0) is 5.75 Å². The van der Waals surface area contributed by atoms with E-state index < -0.39 is 0 Å². The van der Waals surface area contributed by atoms with Crippen molar-refractivity contribution in [2.75, 3.05) is 7.11 Å². The maximum Gasteiger partial charge on any atom is 0.122 e. The molecule has 0 fully saturated rings. The van der Waals surface area contributed by atoms with Crippen LogP contribution in [0.1, 0.15) is 29.9 Å². The van der Waals surface area contributed by atoms with Gasteiger partial charge in [-0.3, -0.25) is 4.98 Å². The molecule has 106 valence electrons. The molecule has 0 aliphatic rings. The van der Waals surface area contributed by atoms with Crippen molar-refractivity contribution in [2.24, 2.45) is 5.73 Å². The van der Waals surface area contributed by atoms with Crippen molar-refractivity contribution in [3.8, 4) is 5.75 Å². The minimum Gasteiger partial charge on any atom is -0.497 e. The lowest BCUT2D eigenvalue weighted by Gasteiger charge is -2.08. The third-order valence-corrected chi connectivity index (χ3v) is 4.05. The fourth-order valence-corrected chi connectivity index (χ4v) is 2.71. The fraction of sp³-hybridized carbons (Fsp3) is 0.312. The number of aryl methyl sites for hydroxylation is 1. The maximum absolute atomic E-state index is 5.85. The van der Waals surface area contributed by atoms with Crippen molar-refractivity contribution < 1.29 is 4.74 Å². The summed E-state index contributed by atoms with van der Waals surface area (Å²) in [6.45, 7) is 3.97. The summed E-state index contributed by atoms with van der Waals surface area (Å²) in [6, 6.07) is 12.4. The molecular weight excluding hydrogens is 268 g/mol. The van der Waals surface area contributed by atoms with E-state index in [1.807, 2.05) is 26.0 Å². The molecule has 2 N–H and O–H groups in total. The molecule has 3 nitrogen and oxygen atoms in total. The quantitative estimate of drug-likeness (QED) is 0.852. The van der Waals surface area contributed by atoms with E-state index >= 15 is 0 Å². The second kappa shape index (κ2) is 6.77. The van der Waals surface area contributed by atoms with E-state index in [2.05, 4.69) is 29.2 Å². The zero-order chi connectivity index (χ0) is 14.5. The number of thioether (sulfide) groups is 1. The average molecular weight is 288 g/mol. The second-order valence-electron chi connectivity index (χ2n) is 4.79. The first-order valence-corrected chi connectivity index (χ1v) is 7.57. The van der Waals surface area contributed by atoms with Crippen LogP contribution >= 0.6 is 11.8 Å². The molecule has 0 aliphatic heterocycles. The van der Waals surface area contributed by atoms with Crippen LogP contribution in [-0.4, -0.2) is 12.1 Å². The van der Waals surface area contributed by atoms with Gasteiger partial charge in [-0.25, -0.2) is 0 Å². The zero-order valence-electron chi connectivity index (χ0n) is 12.1. The lowest BCUT2D eigenvalue weighted by Crippen LogP contribution is -2.04. The van der Waals surface area contributed by atoms with Gasteiger partial charge in [0.25, 0.3) is 0 Å². The third-order valence-electron chi connectivity index (χ3n) is 3.01. The Morgan fingerprint density at radius 1 is 1.25 bits per heavy atom. The summed E-state index contributed by atoms with van der Waals surface area (Å²) in [5.74, 6) is 1.69. The number of nitrogens with zero attached hydrogens (tertiary/aromatic N) is 1. The molecule has 0 radical (unpaired) electrons. The molecule has 1 atom stereocenters. The van der Waals surface area contributed by atoms with Crippen LogP contribution in [0.15, 0.2) is 41.3 Å². The number of hydrogen-bond donors (Lipinski definition) is 1. The molecule has 20 heavy (non-hydrogen) atoms. The maximum atomic E-state index is 5.85. The second-order valence-corrected chi connectivity index (χ2v) is 5.83. The summed E-state index contributed by atoms with van der Waals surface area (Å²) in [6.07, 6.45) is 0. The van der Waals surface area contributed by atoms with E-state index in [1.54, 1.807) is 18.9 Å². The van der Waals surface area contributed by atoms with E-state index in [0.717, 1.165) is 28.5 Å². The Kier molecular flexibility index (Phi) is 5.04. The third kappa shape index (κ3) is 3.99. The van der Waals surface area contributed by atoms with Gasteiger partial charge in [-0.1, -0.05) is 12.1 Å². The van der Waals surface area contributed by atoms with Gasteiger partial charge in [-0.05, 0) is 31.5 Å². The lowest BCUT2D eigenvalue weighted by molar-refractivity contribution is 0.413. The van der Waals surface area contributed by atoms with Gasteiger partial charge in [-0.2, -0.15) is 0 Å². The largest absolute Gasteiger partial charge is 0.497 e. The summed E-state index contributed by atoms with van der Waals surface area (Å²) in [5.41, 5.74) is 9.01. The average Bonchev–Trinajstić information content (AvgIpc) is 2.45. The molecule has 0 saturated carbocycles. The number of aromatic nitrogens is 1. The number of hydrogen-bond acceptors (Lipinski definition) is 4. The van der Waals surface area contributed by atoms with Crippen molar-refractivity contribution in [1.29, 1.82) is 0 Å². The lowest BCUT2D eigenvalue weighted by atomic mass is 10.1. The highest BCUT2D eigenvalue weighted by Gasteiger charge is 2.03. The van der Waals surface area contributed by atoms with Gasteiger partial charge in [-0.15, -0.1) is 11.8 Å². The Morgan fingerprint density at radius 3 is 2.55 bits per heavy atom. The van der Waals surface area contributed by atoms with Crippen molar-refractivity contribution in [2.45, 2.75) is 30.5 Å². The van der Waals surface area contributed by atoms with Crippen molar-refractivity contribution in [3.63, 3.8) is 0 Å². The molecule has 1 aromatic heterocycles. The molecule has 2 rings (SSSR count). The number of rotatable bonds is 5.